The number of nitrogens with zero attached hydrogens (tertiary/aromatic N) is 8. The largest absolute Gasteiger partial charge is 0.316 e. The first-order valence-electron chi connectivity index (χ1n) is 16.6. The van der Waals surface area contributed by atoms with E-state index in [1.165, 1.54) is 36.5 Å². The molecule has 12 nitrogen and oxygen atoms in total. The van der Waals surface area contributed by atoms with Gasteiger partial charge in [0.2, 0.25) is 23.4 Å². The lowest BCUT2D eigenvalue weighted by molar-refractivity contribution is -0.117. The average molecular weight is 753 g/mol. The second kappa shape index (κ2) is 15.1. The number of carbonyl (C=O) groups excluding carboxylic acids is 4. The summed E-state index contributed by atoms with van der Waals surface area (Å²) >= 11 is 2.79. The quantitative estimate of drug-likeness (QED) is 0.147. The van der Waals surface area contributed by atoms with Crippen molar-refractivity contribution in [2.75, 3.05) is 23.9 Å². The minimum atomic E-state index is -0.0882. The molecule has 8 rings (SSSR count). The fourth-order valence-corrected chi connectivity index (χ4v) is 7.01. The Hall–Kier alpha value is -6.64. The molecule has 0 saturated carbocycles. The number of thiophene rings is 2. The number of fused-ring (bicyclic) bond motifs is 2. The number of benzene rings is 2. The first kappa shape index (κ1) is 35.7. The molecule has 0 aliphatic rings. The van der Waals surface area contributed by atoms with Crippen LogP contribution in [0, 0.1) is 0 Å². The van der Waals surface area contributed by atoms with Crippen LogP contribution in [-0.4, -0.2) is 66.7 Å². The fraction of sp³-hybridized carbons (Fsp3) is 0.100. The number of carbonyl (C=O) groups is 4. The van der Waals surface area contributed by atoms with Gasteiger partial charge < -0.3 is 9.80 Å². The topological polar surface area (TPSA) is 135 Å². The van der Waals surface area contributed by atoms with E-state index in [0.29, 0.717) is 37.9 Å². The van der Waals surface area contributed by atoms with E-state index in [2.05, 4.69) is 20.2 Å². The molecule has 0 saturated heterocycles. The number of aromatic nitrogens is 6. The van der Waals surface area contributed by atoms with Gasteiger partial charge in [-0.25, -0.2) is 19.0 Å². The van der Waals surface area contributed by atoms with E-state index in [9.17, 15) is 19.2 Å². The van der Waals surface area contributed by atoms with Crippen LogP contribution in [0.1, 0.15) is 44.3 Å². The van der Waals surface area contributed by atoms with E-state index in [4.69, 9.17) is 0 Å². The maximum absolute atomic E-state index is 12.7. The zero-order chi connectivity index (χ0) is 37.9. The Balaban J connectivity index is 0.000000167. The second-order valence-electron chi connectivity index (χ2n) is 12.1. The number of hydrogen-bond donors (Lipinski definition) is 0. The molecule has 8 aromatic rings. The molecule has 0 spiro atoms. The van der Waals surface area contributed by atoms with Gasteiger partial charge in [0.05, 0.1) is 44.7 Å². The lowest BCUT2D eigenvalue weighted by Gasteiger charge is -2.16. The predicted molar refractivity (Wildman–Crippen MR) is 211 cm³/mol. The normalized spacial score (nSPS) is 10.9. The van der Waals surface area contributed by atoms with Gasteiger partial charge in [0, 0.05) is 62.8 Å². The molecule has 0 N–H and O–H groups in total. The number of amides is 2. The van der Waals surface area contributed by atoms with Gasteiger partial charge in [-0.1, -0.05) is 36.4 Å². The Morgan fingerprint density at radius 1 is 0.648 bits per heavy atom. The van der Waals surface area contributed by atoms with Crippen LogP contribution in [0.15, 0.2) is 120 Å². The summed E-state index contributed by atoms with van der Waals surface area (Å²) < 4.78 is 3.25. The van der Waals surface area contributed by atoms with Crippen molar-refractivity contribution in [1.29, 1.82) is 0 Å². The molecule has 0 bridgehead atoms. The summed E-state index contributed by atoms with van der Waals surface area (Å²) in [4.78, 5) is 62.2. The lowest BCUT2D eigenvalue weighted by Crippen LogP contribution is -2.22. The van der Waals surface area contributed by atoms with Gasteiger partial charge in [-0.2, -0.15) is 10.2 Å². The van der Waals surface area contributed by atoms with Gasteiger partial charge >= 0.3 is 0 Å². The van der Waals surface area contributed by atoms with Crippen molar-refractivity contribution in [2.24, 2.45) is 0 Å². The first-order chi connectivity index (χ1) is 26.1. The van der Waals surface area contributed by atoms with Crippen LogP contribution in [0.5, 0.6) is 0 Å². The summed E-state index contributed by atoms with van der Waals surface area (Å²) in [6, 6.07) is 26.1. The molecule has 0 unspecified atom stereocenters. The molecule has 6 heterocycles. The smallest absolute Gasteiger partial charge is 0.223 e. The first-order valence-corrected chi connectivity index (χ1v) is 18.4. The molecule has 0 aliphatic heterocycles. The monoisotopic (exact) mass is 752 g/mol. The van der Waals surface area contributed by atoms with Gasteiger partial charge in [0.25, 0.3) is 0 Å². The zero-order valence-electron chi connectivity index (χ0n) is 29.6. The van der Waals surface area contributed by atoms with Crippen molar-refractivity contribution in [3.63, 3.8) is 0 Å². The molecule has 54 heavy (non-hydrogen) atoms. The minimum Gasteiger partial charge on any atom is -0.316 e. The summed E-state index contributed by atoms with van der Waals surface area (Å²) in [5.74, 6) is -0.269. The van der Waals surface area contributed by atoms with Gasteiger partial charge in [0.15, 0.2) is 11.3 Å². The van der Waals surface area contributed by atoms with Gasteiger partial charge in [-0.05, 0) is 59.3 Å². The second-order valence-corrected chi connectivity index (χ2v) is 14.0. The van der Waals surface area contributed by atoms with E-state index < -0.39 is 0 Å². The van der Waals surface area contributed by atoms with Crippen LogP contribution in [-0.2, 0) is 9.59 Å². The van der Waals surface area contributed by atoms with Crippen molar-refractivity contribution in [1.82, 2.24) is 29.2 Å². The van der Waals surface area contributed by atoms with Gasteiger partial charge in [0.1, 0.15) is 0 Å². The highest BCUT2D eigenvalue weighted by Crippen LogP contribution is 2.28. The Morgan fingerprint density at radius 3 is 1.81 bits per heavy atom. The number of hydrogen-bond acceptors (Lipinski definition) is 10. The van der Waals surface area contributed by atoms with Crippen molar-refractivity contribution in [2.45, 2.75) is 13.8 Å². The summed E-state index contributed by atoms with van der Waals surface area (Å²) in [6.45, 7) is 3.04. The maximum Gasteiger partial charge on any atom is 0.223 e. The highest BCUT2D eigenvalue weighted by atomic mass is 32.1. The third-order valence-electron chi connectivity index (χ3n) is 8.75. The maximum atomic E-state index is 12.7. The fourth-order valence-electron chi connectivity index (χ4n) is 5.65. The Morgan fingerprint density at radius 2 is 1.22 bits per heavy atom. The van der Waals surface area contributed by atoms with Crippen LogP contribution >= 0.6 is 22.7 Å². The number of ketones is 2. The molecule has 0 aliphatic carbocycles. The Kier molecular flexibility index (Phi) is 10.0. The van der Waals surface area contributed by atoms with Crippen LogP contribution in [0.2, 0.25) is 0 Å². The lowest BCUT2D eigenvalue weighted by atomic mass is 10.1. The number of anilines is 2. The van der Waals surface area contributed by atoms with Crippen molar-refractivity contribution in [3.8, 4) is 22.5 Å². The van der Waals surface area contributed by atoms with Crippen LogP contribution in [0.4, 0.5) is 11.4 Å². The van der Waals surface area contributed by atoms with Crippen LogP contribution in [0.25, 0.3) is 33.8 Å². The van der Waals surface area contributed by atoms with Crippen LogP contribution in [0.3, 0.4) is 0 Å². The van der Waals surface area contributed by atoms with Gasteiger partial charge in [-0.3, -0.25) is 19.2 Å². The third kappa shape index (κ3) is 7.07. The summed E-state index contributed by atoms with van der Waals surface area (Å²) in [5.41, 5.74) is 6.77. The van der Waals surface area contributed by atoms with Crippen LogP contribution < -0.4 is 9.80 Å². The molecule has 2 aromatic carbocycles. The number of rotatable bonds is 8. The average Bonchev–Trinajstić information content (AvgIpc) is 4.04. The zero-order valence-corrected chi connectivity index (χ0v) is 31.2. The molecular weight excluding hydrogens is 721 g/mol. The van der Waals surface area contributed by atoms with Gasteiger partial charge in [-0.15, -0.1) is 22.7 Å². The summed E-state index contributed by atoms with van der Waals surface area (Å²) in [6.07, 6.45) is 6.55. The minimum absolute atomic E-state index is 0.0461. The van der Waals surface area contributed by atoms with Crippen molar-refractivity contribution < 1.29 is 19.2 Å². The molecular formula is C40H32N8O4S2. The highest BCUT2D eigenvalue weighted by molar-refractivity contribution is 7.12. The Bertz CT molecular complexity index is 2620. The molecule has 0 atom stereocenters. The van der Waals surface area contributed by atoms with E-state index in [0.717, 1.165) is 28.2 Å². The molecule has 2 amide bonds. The van der Waals surface area contributed by atoms with E-state index in [-0.39, 0.29) is 23.4 Å². The molecule has 268 valence electrons. The third-order valence-corrected chi connectivity index (χ3v) is 10.5. The standard InChI is InChI=1S/2C20H16N4O2S/c1-13(25)23(2)15-6-3-5-14(11-15)17-8-9-24-20(22-17)16(12-21-24)19(26)18-7-4-10-27-18;1-13(25)23(2)15-6-3-5-14(11-15)17-8-9-21-20-16(12-22-24(17)20)19(26)18-7-4-10-27-18/h2*3-12H,1-2H3. The van der Waals surface area contributed by atoms with Crippen molar-refractivity contribution in [3.05, 3.63) is 141 Å². The van der Waals surface area contributed by atoms with Crippen molar-refractivity contribution >= 4 is 68.7 Å². The Labute approximate surface area is 317 Å². The molecule has 6 aromatic heterocycles. The SMILES string of the molecule is CC(=O)N(C)c1cccc(-c2ccn3ncc(C(=O)c4cccs4)c3n2)c1.CC(=O)N(C)c1cccc(-c2ccnc3c(C(=O)c4cccs4)cnn23)c1. The molecule has 14 heteroatoms. The predicted octanol–water partition coefficient (Wildman–Crippen LogP) is 7.34. The molecule has 0 radical (unpaired) electrons. The van der Waals surface area contributed by atoms with E-state index >= 15 is 0 Å². The molecule has 0 fully saturated rings. The highest BCUT2D eigenvalue weighted by Gasteiger charge is 2.20. The summed E-state index contributed by atoms with van der Waals surface area (Å²) in [5, 5.41) is 12.4. The summed E-state index contributed by atoms with van der Waals surface area (Å²) in [7, 11) is 3.46. The van der Waals surface area contributed by atoms with E-state index in [1.54, 1.807) is 69.8 Å². The van der Waals surface area contributed by atoms with E-state index in [1.807, 2.05) is 83.6 Å².